The highest BCUT2D eigenvalue weighted by molar-refractivity contribution is 5.94. The van der Waals surface area contributed by atoms with Crippen LogP contribution in [0.15, 0.2) is 24.3 Å². The summed E-state index contributed by atoms with van der Waals surface area (Å²) in [5.74, 6) is -0.341. The largest absolute Gasteiger partial charge is 0.351 e. The Morgan fingerprint density at radius 3 is 2.71 bits per heavy atom. The Morgan fingerprint density at radius 1 is 1.38 bits per heavy atom. The predicted molar refractivity (Wildman–Crippen MR) is 76.4 cm³/mol. The first-order chi connectivity index (χ1) is 9.99. The number of carbonyl (C=O) groups excluding carboxylic acids is 2. The molecule has 2 atom stereocenters. The minimum absolute atomic E-state index is 0.0800. The van der Waals surface area contributed by atoms with Gasteiger partial charge in [0.25, 0.3) is 5.91 Å². The minimum atomic E-state index is -1.03. The lowest BCUT2D eigenvalue weighted by Gasteiger charge is -2.11. The summed E-state index contributed by atoms with van der Waals surface area (Å²) in [6.45, 7) is 1.94. The fourth-order valence-corrected chi connectivity index (χ4v) is 2.25. The van der Waals surface area contributed by atoms with Crippen molar-refractivity contribution in [2.75, 3.05) is 0 Å². The predicted octanol–water partition coefficient (Wildman–Crippen LogP) is 1.94. The number of carbonyl (C=O) groups is 2. The van der Waals surface area contributed by atoms with E-state index in [1.807, 2.05) is 6.07 Å². The Labute approximate surface area is 123 Å². The second kappa shape index (κ2) is 5.13. The molecule has 0 heterocycles. The van der Waals surface area contributed by atoms with E-state index in [1.54, 1.807) is 25.1 Å². The van der Waals surface area contributed by atoms with Gasteiger partial charge in [-0.2, -0.15) is 0 Å². The van der Waals surface area contributed by atoms with Gasteiger partial charge in [-0.15, -0.1) is 0 Å². The van der Waals surface area contributed by atoms with Crippen molar-refractivity contribution < 1.29 is 14.0 Å². The molecule has 1 aromatic rings. The molecule has 0 aliphatic heterocycles. The molecule has 2 amide bonds. The molecule has 112 valence electrons. The Kier molecular flexibility index (Phi) is 3.43. The number of alkyl halides is 1. The van der Waals surface area contributed by atoms with Crippen LogP contribution in [0.5, 0.6) is 0 Å². The van der Waals surface area contributed by atoms with E-state index in [-0.39, 0.29) is 11.8 Å². The van der Waals surface area contributed by atoms with E-state index in [2.05, 4.69) is 10.6 Å². The first-order valence-electron chi connectivity index (χ1n) is 7.31. The average Bonchev–Trinajstić information content (AvgIpc) is 3.37. The molecule has 4 nitrogen and oxygen atoms in total. The van der Waals surface area contributed by atoms with Crippen molar-refractivity contribution in [1.82, 2.24) is 10.6 Å². The van der Waals surface area contributed by atoms with E-state index >= 15 is 0 Å². The summed E-state index contributed by atoms with van der Waals surface area (Å²) in [5.41, 5.74) is 0.571. The zero-order valence-electron chi connectivity index (χ0n) is 12.0. The first-order valence-corrected chi connectivity index (χ1v) is 7.31. The van der Waals surface area contributed by atoms with Crippen molar-refractivity contribution >= 4 is 11.8 Å². The Morgan fingerprint density at radius 2 is 2.10 bits per heavy atom. The zero-order chi connectivity index (χ0) is 15.0. The van der Waals surface area contributed by atoms with Gasteiger partial charge in [-0.3, -0.25) is 9.59 Å². The third kappa shape index (κ3) is 3.06. The molecular formula is C16H19FN2O2. The SMILES string of the molecule is CC1(C(=O)NCc2cccc(C(=O)NC3CC3)c2)CC1F. The third-order valence-corrected chi connectivity index (χ3v) is 4.21. The van der Waals surface area contributed by atoms with Crippen molar-refractivity contribution in [1.29, 1.82) is 0 Å². The maximum Gasteiger partial charge on any atom is 0.251 e. The molecule has 0 bridgehead atoms. The standard InChI is InChI=1S/C16H19FN2O2/c1-16(8-13(16)17)15(21)18-9-10-3-2-4-11(7-10)14(20)19-12-5-6-12/h2-4,7,12-13H,5-6,8-9H2,1H3,(H,18,21)(H,19,20). The maximum atomic E-state index is 13.1. The van der Waals surface area contributed by atoms with E-state index in [0.29, 0.717) is 24.6 Å². The van der Waals surface area contributed by atoms with Crippen molar-refractivity contribution in [3.63, 3.8) is 0 Å². The summed E-state index contributed by atoms with van der Waals surface area (Å²) >= 11 is 0. The molecule has 3 rings (SSSR count). The van der Waals surface area contributed by atoms with Gasteiger partial charge >= 0.3 is 0 Å². The second-order valence-corrected chi connectivity index (χ2v) is 6.22. The summed E-state index contributed by atoms with van der Waals surface area (Å²) in [5, 5.41) is 5.67. The average molecular weight is 290 g/mol. The molecule has 0 radical (unpaired) electrons. The Bertz CT molecular complexity index is 585. The molecule has 0 spiro atoms. The van der Waals surface area contributed by atoms with Crippen molar-refractivity contribution in [2.24, 2.45) is 5.41 Å². The molecule has 2 aliphatic rings. The highest BCUT2D eigenvalue weighted by Crippen LogP contribution is 2.48. The zero-order valence-corrected chi connectivity index (χ0v) is 12.0. The van der Waals surface area contributed by atoms with Gasteiger partial charge in [0.05, 0.1) is 5.41 Å². The summed E-state index contributed by atoms with van der Waals surface area (Å²) in [6.07, 6.45) is 1.35. The third-order valence-electron chi connectivity index (χ3n) is 4.21. The molecule has 5 heteroatoms. The first kappa shape index (κ1) is 14.0. The molecule has 1 aromatic carbocycles. The summed E-state index contributed by atoms with van der Waals surface area (Å²) in [4.78, 5) is 23.8. The van der Waals surface area contributed by atoms with Crippen LogP contribution >= 0.6 is 0 Å². The van der Waals surface area contributed by atoms with Crippen molar-refractivity contribution in [3.8, 4) is 0 Å². The van der Waals surface area contributed by atoms with Crippen LogP contribution in [0.3, 0.4) is 0 Å². The summed E-state index contributed by atoms with van der Waals surface area (Å²) < 4.78 is 13.1. The van der Waals surface area contributed by atoms with Gasteiger partial charge in [0, 0.05) is 18.2 Å². The van der Waals surface area contributed by atoms with Crippen LogP contribution in [0.4, 0.5) is 4.39 Å². The fraction of sp³-hybridized carbons (Fsp3) is 0.500. The lowest BCUT2D eigenvalue weighted by atomic mass is 10.1. The number of hydrogen-bond donors (Lipinski definition) is 2. The van der Waals surface area contributed by atoms with Crippen LogP contribution in [0.1, 0.15) is 42.1 Å². The number of hydrogen-bond acceptors (Lipinski definition) is 2. The number of rotatable bonds is 5. The van der Waals surface area contributed by atoms with Gasteiger partial charge < -0.3 is 10.6 Å². The Hall–Kier alpha value is -1.91. The van der Waals surface area contributed by atoms with E-state index in [0.717, 1.165) is 18.4 Å². The molecule has 2 saturated carbocycles. The second-order valence-electron chi connectivity index (χ2n) is 6.22. The van der Waals surface area contributed by atoms with Gasteiger partial charge in [-0.05, 0) is 43.9 Å². The molecule has 2 unspecified atom stereocenters. The Balaban J connectivity index is 1.58. The highest BCUT2D eigenvalue weighted by atomic mass is 19.1. The summed E-state index contributed by atoms with van der Waals surface area (Å²) in [6, 6.07) is 7.47. The maximum absolute atomic E-state index is 13.1. The molecular weight excluding hydrogens is 271 g/mol. The molecule has 2 N–H and O–H groups in total. The van der Waals surface area contributed by atoms with Gasteiger partial charge in [0.15, 0.2) is 0 Å². The number of amides is 2. The smallest absolute Gasteiger partial charge is 0.251 e. The minimum Gasteiger partial charge on any atom is -0.351 e. The van der Waals surface area contributed by atoms with Crippen LogP contribution in [0, 0.1) is 5.41 Å². The highest BCUT2D eigenvalue weighted by Gasteiger charge is 2.57. The number of benzene rings is 1. The van der Waals surface area contributed by atoms with E-state index in [4.69, 9.17) is 0 Å². The van der Waals surface area contributed by atoms with Crippen molar-refractivity contribution in [2.45, 2.75) is 44.9 Å². The molecule has 2 fully saturated rings. The van der Waals surface area contributed by atoms with E-state index in [9.17, 15) is 14.0 Å². The van der Waals surface area contributed by atoms with E-state index in [1.165, 1.54) is 0 Å². The lowest BCUT2D eigenvalue weighted by Crippen LogP contribution is -2.31. The molecule has 2 aliphatic carbocycles. The van der Waals surface area contributed by atoms with Crippen LogP contribution in [0.2, 0.25) is 0 Å². The molecule has 0 aromatic heterocycles. The van der Waals surface area contributed by atoms with E-state index < -0.39 is 11.6 Å². The van der Waals surface area contributed by atoms with Crippen molar-refractivity contribution in [3.05, 3.63) is 35.4 Å². The van der Waals surface area contributed by atoms with Gasteiger partial charge in [-0.25, -0.2) is 4.39 Å². The quantitative estimate of drug-likeness (QED) is 0.870. The number of nitrogens with one attached hydrogen (secondary N) is 2. The topological polar surface area (TPSA) is 58.2 Å². The monoisotopic (exact) mass is 290 g/mol. The van der Waals surface area contributed by atoms with Crippen LogP contribution in [-0.2, 0) is 11.3 Å². The lowest BCUT2D eigenvalue weighted by molar-refractivity contribution is -0.126. The fourth-order valence-electron chi connectivity index (χ4n) is 2.25. The van der Waals surface area contributed by atoms with Gasteiger partial charge in [0.1, 0.15) is 6.17 Å². The van der Waals surface area contributed by atoms with Crippen LogP contribution < -0.4 is 10.6 Å². The normalized spacial score (nSPS) is 27.0. The molecule has 21 heavy (non-hydrogen) atoms. The molecule has 0 saturated heterocycles. The van der Waals surface area contributed by atoms with Crippen LogP contribution in [0.25, 0.3) is 0 Å². The van der Waals surface area contributed by atoms with Gasteiger partial charge in [0.2, 0.25) is 5.91 Å². The summed E-state index contributed by atoms with van der Waals surface area (Å²) in [7, 11) is 0. The van der Waals surface area contributed by atoms with Gasteiger partial charge in [-0.1, -0.05) is 12.1 Å². The van der Waals surface area contributed by atoms with Crippen LogP contribution in [-0.4, -0.2) is 24.0 Å². The number of halogens is 1.